The van der Waals surface area contributed by atoms with Gasteiger partial charge in [0.05, 0.1) is 5.01 Å². The number of hydrogen-bond donors (Lipinski definition) is 2. The first-order valence-electron chi connectivity index (χ1n) is 7.11. The zero-order valence-corrected chi connectivity index (χ0v) is 11.9. The lowest BCUT2D eigenvalue weighted by molar-refractivity contribution is 0.318. The van der Waals surface area contributed by atoms with Crippen molar-refractivity contribution in [3.8, 4) is 0 Å². The molecule has 1 saturated heterocycles. The fraction of sp³-hybridized carbons (Fsp3) is 0.786. The van der Waals surface area contributed by atoms with Crippen LogP contribution in [0.3, 0.4) is 0 Å². The van der Waals surface area contributed by atoms with Gasteiger partial charge in [-0.3, -0.25) is 0 Å². The van der Waals surface area contributed by atoms with Crippen LogP contribution in [0.25, 0.3) is 0 Å². The molecule has 100 valence electrons. The molecule has 1 aromatic heterocycles. The van der Waals surface area contributed by atoms with Crippen molar-refractivity contribution in [2.75, 3.05) is 26.2 Å². The van der Waals surface area contributed by atoms with Gasteiger partial charge in [0.25, 0.3) is 0 Å². The van der Waals surface area contributed by atoms with Crippen molar-refractivity contribution in [3.05, 3.63) is 16.6 Å². The maximum Gasteiger partial charge on any atom is 0.0965 e. The van der Waals surface area contributed by atoms with E-state index in [-0.39, 0.29) is 0 Å². The summed E-state index contributed by atoms with van der Waals surface area (Å²) in [6, 6.07) is 0. The number of nitrogens with zero attached hydrogens (tertiary/aromatic N) is 1. The monoisotopic (exact) mass is 265 g/mol. The van der Waals surface area contributed by atoms with Gasteiger partial charge in [0.15, 0.2) is 0 Å². The van der Waals surface area contributed by atoms with Crippen LogP contribution in [0.15, 0.2) is 11.6 Å². The molecule has 2 fully saturated rings. The van der Waals surface area contributed by atoms with Crippen LogP contribution in [0.4, 0.5) is 0 Å². The first kappa shape index (κ1) is 12.6. The van der Waals surface area contributed by atoms with Crippen LogP contribution < -0.4 is 10.6 Å². The summed E-state index contributed by atoms with van der Waals surface area (Å²) in [6.07, 6.45) is 6.14. The summed E-state index contributed by atoms with van der Waals surface area (Å²) in [4.78, 5) is 4.38. The summed E-state index contributed by atoms with van der Waals surface area (Å²) in [5, 5.41) is 10.4. The van der Waals surface area contributed by atoms with Gasteiger partial charge in [0, 0.05) is 24.0 Å². The van der Waals surface area contributed by atoms with Crippen molar-refractivity contribution in [2.24, 2.45) is 11.3 Å². The molecule has 0 amide bonds. The molecule has 4 heteroatoms. The summed E-state index contributed by atoms with van der Waals surface area (Å²) in [5.41, 5.74) is 0.711. The van der Waals surface area contributed by atoms with Crippen molar-refractivity contribution in [3.63, 3.8) is 0 Å². The Morgan fingerprint density at radius 2 is 2.39 bits per heavy atom. The molecule has 0 aromatic carbocycles. The molecule has 2 unspecified atom stereocenters. The van der Waals surface area contributed by atoms with E-state index in [1.165, 1.54) is 43.9 Å². The second kappa shape index (κ2) is 5.27. The SMILES string of the molecule is CC(CNCC1CC12CCNCC2)c1nccs1. The first-order chi connectivity index (χ1) is 8.80. The maximum absolute atomic E-state index is 4.38. The number of aromatic nitrogens is 1. The molecule has 2 atom stereocenters. The summed E-state index contributed by atoms with van der Waals surface area (Å²) in [6.45, 7) is 6.99. The number of thiazole rings is 1. The molecular weight excluding hydrogens is 242 g/mol. The zero-order chi connectivity index (χ0) is 12.4. The lowest BCUT2D eigenvalue weighted by atomic mass is 9.92. The lowest BCUT2D eigenvalue weighted by Gasteiger charge is -2.23. The Labute approximate surface area is 113 Å². The Balaban J connectivity index is 1.38. The Bertz CT molecular complexity index is 370. The molecule has 0 bridgehead atoms. The highest BCUT2D eigenvalue weighted by atomic mass is 32.1. The van der Waals surface area contributed by atoms with Crippen molar-refractivity contribution in [1.29, 1.82) is 0 Å². The van der Waals surface area contributed by atoms with Crippen LogP contribution in [0.2, 0.25) is 0 Å². The standard InChI is InChI=1S/C14H23N3S/c1-11(13-17-6-7-18-13)9-16-10-12-8-14(12)2-4-15-5-3-14/h6-7,11-12,15-16H,2-5,8-10H2,1H3. The van der Waals surface area contributed by atoms with Crippen molar-refractivity contribution < 1.29 is 0 Å². The lowest BCUT2D eigenvalue weighted by Crippen LogP contribution is -2.32. The van der Waals surface area contributed by atoms with E-state index in [4.69, 9.17) is 0 Å². The summed E-state index contributed by atoms with van der Waals surface area (Å²) < 4.78 is 0. The highest BCUT2D eigenvalue weighted by Crippen LogP contribution is 2.58. The third-order valence-electron chi connectivity index (χ3n) is 4.67. The molecule has 2 aliphatic rings. The van der Waals surface area contributed by atoms with E-state index in [1.54, 1.807) is 11.3 Å². The van der Waals surface area contributed by atoms with E-state index in [2.05, 4.69) is 27.9 Å². The van der Waals surface area contributed by atoms with Crippen molar-refractivity contribution >= 4 is 11.3 Å². The van der Waals surface area contributed by atoms with Gasteiger partial charge in [-0.05, 0) is 50.2 Å². The van der Waals surface area contributed by atoms with Crippen LogP contribution in [0, 0.1) is 11.3 Å². The number of nitrogens with one attached hydrogen (secondary N) is 2. The van der Waals surface area contributed by atoms with E-state index in [0.717, 1.165) is 12.5 Å². The Morgan fingerprint density at radius 1 is 1.56 bits per heavy atom. The number of piperidine rings is 1. The molecule has 1 aliphatic carbocycles. The van der Waals surface area contributed by atoms with Gasteiger partial charge in [0.2, 0.25) is 0 Å². The molecule has 0 radical (unpaired) electrons. The van der Waals surface area contributed by atoms with E-state index < -0.39 is 0 Å². The van der Waals surface area contributed by atoms with E-state index in [9.17, 15) is 0 Å². The Morgan fingerprint density at radius 3 is 3.11 bits per heavy atom. The minimum absolute atomic E-state index is 0.549. The molecule has 18 heavy (non-hydrogen) atoms. The highest BCUT2D eigenvalue weighted by molar-refractivity contribution is 7.09. The van der Waals surface area contributed by atoms with Gasteiger partial charge in [0.1, 0.15) is 0 Å². The minimum Gasteiger partial charge on any atom is -0.317 e. The average Bonchev–Trinajstić information content (AvgIpc) is 2.84. The van der Waals surface area contributed by atoms with Gasteiger partial charge in [-0.1, -0.05) is 6.92 Å². The topological polar surface area (TPSA) is 37.0 Å². The highest BCUT2D eigenvalue weighted by Gasteiger charge is 2.52. The molecule has 1 saturated carbocycles. The average molecular weight is 265 g/mol. The molecule has 1 aliphatic heterocycles. The minimum atomic E-state index is 0.549. The zero-order valence-electron chi connectivity index (χ0n) is 11.1. The van der Waals surface area contributed by atoms with Gasteiger partial charge in [-0.15, -0.1) is 11.3 Å². The van der Waals surface area contributed by atoms with Crippen LogP contribution in [-0.4, -0.2) is 31.2 Å². The third kappa shape index (κ3) is 2.60. The number of hydrogen-bond acceptors (Lipinski definition) is 4. The largest absolute Gasteiger partial charge is 0.317 e. The van der Waals surface area contributed by atoms with E-state index >= 15 is 0 Å². The van der Waals surface area contributed by atoms with Gasteiger partial charge in [-0.25, -0.2) is 4.98 Å². The molecule has 3 nitrogen and oxygen atoms in total. The predicted molar refractivity (Wildman–Crippen MR) is 76.0 cm³/mol. The van der Waals surface area contributed by atoms with Crippen LogP contribution in [0.5, 0.6) is 0 Å². The second-order valence-electron chi connectivity index (χ2n) is 5.94. The third-order valence-corrected chi connectivity index (χ3v) is 5.68. The molecule has 3 rings (SSSR count). The van der Waals surface area contributed by atoms with Gasteiger partial charge >= 0.3 is 0 Å². The quantitative estimate of drug-likeness (QED) is 0.857. The van der Waals surface area contributed by atoms with Crippen LogP contribution in [-0.2, 0) is 0 Å². The van der Waals surface area contributed by atoms with Crippen LogP contribution >= 0.6 is 11.3 Å². The Hall–Kier alpha value is -0.450. The van der Waals surface area contributed by atoms with Crippen LogP contribution in [0.1, 0.15) is 37.1 Å². The summed E-state index contributed by atoms with van der Waals surface area (Å²) in [7, 11) is 0. The molecule has 2 heterocycles. The molecule has 1 aromatic rings. The van der Waals surface area contributed by atoms with Crippen molar-refractivity contribution in [1.82, 2.24) is 15.6 Å². The van der Waals surface area contributed by atoms with Gasteiger partial charge < -0.3 is 10.6 Å². The Kier molecular flexibility index (Phi) is 3.68. The molecular formula is C14H23N3S. The molecule has 1 spiro atoms. The maximum atomic E-state index is 4.38. The fourth-order valence-corrected chi connectivity index (χ4v) is 4.00. The fourth-order valence-electron chi connectivity index (χ4n) is 3.30. The second-order valence-corrected chi connectivity index (χ2v) is 6.87. The first-order valence-corrected chi connectivity index (χ1v) is 7.99. The smallest absolute Gasteiger partial charge is 0.0965 e. The van der Waals surface area contributed by atoms with Crippen molar-refractivity contribution in [2.45, 2.75) is 32.1 Å². The predicted octanol–water partition coefficient (Wildman–Crippen LogP) is 2.23. The van der Waals surface area contributed by atoms with E-state index in [1.807, 2.05) is 6.20 Å². The normalized spacial score (nSPS) is 27.3. The van der Waals surface area contributed by atoms with E-state index in [0.29, 0.717) is 11.3 Å². The number of rotatable bonds is 5. The summed E-state index contributed by atoms with van der Waals surface area (Å²) >= 11 is 1.77. The molecule has 2 N–H and O–H groups in total. The summed E-state index contributed by atoms with van der Waals surface area (Å²) in [5.74, 6) is 1.48. The van der Waals surface area contributed by atoms with Gasteiger partial charge in [-0.2, -0.15) is 0 Å².